The monoisotopic (exact) mass is 260 g/mol. The van der Waals surface area contributed by atoms with E-state index < -0.39 is 5.60 Å². The fraction of sp³-hybridized carbons (Fsp3) is 0.667. The number of piperazine rings is 1. The van der Waals surface area contributed by atoms with Crippen LogP contribution in [-0.2, 0) is 4.79 Å². The lowest BCUT2D eigenvalue weighted by molar-refractivity contribution is -0.141. The third kappa shape index (κ3) is 1.81. The quantitative estimate of drug-likeness (QED) is 0.815. The molecule has 0 aromatic heterocycles. The minimum Gasteiger partial charge on any atom is -0.380 e. The molecular formula is C15H20N2O2. The molecule has 4 heteroatoms. The SMILES string of the molecule is O=C(N1CCN(C2CC2)C2=CCCC=C21)C1(O)CC1. The van der Waals surface area contributed by atoms with Gasteiger partial charge < -0.3 is 14.9 Å². The Labute approximate surface area is 113 Å². The highest BCUT2D eigenvalue weighted by atomic mass is 16.3. The van der Waals surface area contributed by atoms with Crippen LogP contribution in [0.1, 0.15) is 38.5 Å². The molecule has 0 aromatic rings. The molecule has 0 radical (unpaired) electrons. The van der Waals surface area contributed by atoms with Crippen LogP contribution in [0, 0.1) is 0 Å². The molecule has 1 heterocycles. The third-order valence-electron chi connectivity index (χ3n) is 4.62. The molecule has 4 aliphatic rings. The molecular weight excluding hydrogens is 240 g/mol. The fourth-order valence-electron chi connectivity index (χ4n) is 3.17. The first-order valence-electron chi connectivity index (χ1n) is 7.41. The van der Waals surface area contributed by atoms with Crippen molar-refractivity contribution in [2.45, 2.75) is 50.2 Å². The standard InChI is InChI=1S/C15H20N2O2/c18-14(15(19)7-8-15)17-10-9-16(11-5-6-11)12-3-1-2-4-13(12)17/h3-4,11,19H,1-2,5-10H2. The molecule has 102 valence electrons. The zero-order valence-electron chi connectivity index (χ0n) is 11.1. The molecule has 2 saturated carbocycles. The van der Waals surface area contributed by atoms with Crippen LogP contribution in [0.3, 0.4) is 0 Å². The molecule has 4 rings (SSSR count). The molecule has 1 saturated heterocycles. The van der Waals surface area contributed by atoms with Gasteiger partial charge >= 0.3 is 0 Å². The van der Waals surface area contributed by atoms with Crippen LogP contribution in [0.5, 0.6) is 0 Å². The number of allylic oxidation sites excluding steroid dienone is 2. The van der Waals surface area contributed by atoms with E-state index in [1.807, 2.05) is 4.90 Å². The molecule has 0 bridgehead atoms. The van der Waals surface area contributed by atoms with E-state index in [2.05, 4.69) is 17.1 Å². The molecule has 0 aromatic carbocycles. The summed E-state index contributed by atoms with van der Waals surface area (Å²) in [6, 6.07) is 0.689. The van der Waals surface area contributed by atoms with Crippen molar-refractivity contribution in [2.75, 3.05) is 13.1 Å². The molecule has 1 amide bonds. The minimum atomic E-state index is -1.05. The highest BCUT2D eigenvalue weighted by molar-refractivity contribution is 5.90. The average Bonchev–Trinajstić information content (AvgIpc) is 3.33. The molecule has 4 nitrogen and oxygen atoms in total. The van der Waals surface area contributed by atoms with Gasteiger partial charge in [-0.3, -0.25) is 4.79 Å². The second-order valence-corrected chi connectivity index (χ2v) is 6.17. The maximum Gasteiger partial charge on any atom is 0.259 e. The summed E-state index contributed by atoms with van der Waals surface area (Å²) in [6.45, 7) is 1.64. The molecule has 3 aliphatic carbocycles. The summed E-state index contributed by atoms with van der Waals surface area (Å²) in [5.74, 6) is -0.0815. The predicted octanol–water partition coefficient (Wildman–Crippen LogP) is 1.38. The Morgan fingerprint density at radius 1 is 1.16 bits per heavy atom. The van der Waals surface area contributed by atoms with E-state index in [1.54, 1.807) is 0 Å². The number of fused-ring (bicyclic) bond motifs is 1. The third-order valence-corrected chi connectivity index (χ3v) is 4.62. The summed E-state index contributed by atoms with van der Waals surface area (Å²) in [6.07, 6.45) is 10.3. The van der Waals surface area contributed by atoms with E-state index in [9.17, 15) is 9.90 Å². The normalized spacial score (nSPS) is 28.5. The predicted molar refractivity (Wildman–Crippen MR) is 71.0 cm³/mol. The molecule has 19 heavy (non-hydrogen) atoms. The Hall–Kier alpha value is -1.29. The Kier molecular flexibility index (Phi) is 2.34. The van der Waals surface area contributed by atoms with Gasteiger partial charge in [-0.05, 0) is 38.5 Å². The molecule has 0 spiro atoms. The first-order valence-corrected chi connectivity index (χ1v) is 7.41. The van der Waals surface area contributed by atoms with Gasteiger partial charge in [0, 0.05) is 19.1 Å². The van der Waals surface area contributed by atoms with Crippen molar-refractivity contribution in [3.63, 3.8) is 0 Å². The van der Waals surface area contributed by atoms with Crippen molar-refractivity contribution in [2.24, 2.45) is 0 Å². The van der Waals surface area contributed by atoms with E-state index >= 15 is 0 Å². The molecule has 1 N–H and O–H groups in total. The number of aliphatic hydroxyl groups is 1. The summed E-state index contributed by atoms with van der Waals surface area (Å²) in [7, 11) is 0. The number of hydrogen-bond donors (Lipinski definition) is 1. The van der Waals surface area contributed by atoms with Crippen LogP contribution in [0.4, 0.5) is 0 Å². The fourth-order valence-corrected chi connectivity index (χ4v) is 3.17. The first-order chi connectivity index (χ1) is 9.19. The largest absolute Gasteiger partial charge is 0.380 e. The number of carbonyl (C=O) groups excluding carboxylic acids is 1. The number of carbonyl (C=O) groups is 1. The lowest BCUT2D eigenvalue weighted by Crippen LogP contribution is -2.50. The number of rotatable bonds is 2. The number of nitrogens with zero attached hydrogens (tertiary/aromatic N) is 2. The summed E-state index contributed by atoms with van der Waals surface area (Å²) in [4.78, 5) is 16.7. The van der Waals surface area contributed by atoms with Gasteiger partial charge in [0.15, 0.2) is 0 Å². The van der Waals surface area contributed by atoms with Gasteiger partial charge in [0.2, 0.25) is 0 Å². The topological polar surface area (TPSA) is 43.8 Å². The van der Waals surface area contributed by atoms with E-state index in [1.165, 1.54) is 18.5 Å². The first kappa shape index (κ1) is 11.5. The van der Waals surface area contributed by atoms with Gasteiger partial charge in [-0.25, -0.2) is 0 Å². The molecule has 0 atom stereocenters. The smallest absolute Gasteiger partial charge is 0.259 e. The average molecular weight is 260 g/mol. The van der Waals surface area contributed by atoms with Crippen molar-refractivity contribution < 1.29 is 9.90 Å². The zero-order valence-corrected chi connectivity index (χ0v) is 11.1. The van der Waals surface area contributed by atoms with Crippen LogP contribution in [0.2, 0.25) is 0 Å². The maximum atomic E-state index is 12.4. The molecule has 1 aliphatic heterocycles. The highest BCUT2D eigenvalue weighted by Gasteiger charge is 2.52. The Morgan fingerprint density at radius 3 is 2.47 bits per heavy atom. The van der Waals surface area contributed by atoms with Gasteiger partial charge in [0.05, 0.1) is 11.4 Å². The van der Waals surface area contributed by atoms with Crippen LogP contribution < -0.4 is 0 Å². The number of hydrogen-bond acceptors (Lipinski definition) is 3. The molecule has 0 unspecified atom stereocenters. The second-order valence-electron chi connectivity index (χ2n) is 6.17. The lowest BCUT2D eigenvalue weighted by Gasteiger charge is -2.42. The van der Waals surface area contributed by atoms with Gasteiger partial charge in [0.1, 0.15) is 5.60 Å². The van der Waals surface area contributed by atoms with Crippen molar-refractivity contribution in [3.8, 4) is 0 Å². The Morgan fingerprint density at radius 2 is 1.84 bits per heavy atom. The Bertz CT molecular complexity index is 486. The van der Waals surface area contributed by atoms with Crippen LogP contribution >= 0.6 is 0 Å². The van der Waals surface area contributed by atoms with Crippen molar-refractivity contribution in [1.29, 1.82) is 0 Å². The highest BCUT2D eigenvalue weighted by Crippen LogP contribution is 2.42. The van der Waals surface area contributed by atoms with Crippen LogP contribution in [0.25, 0.3) is 0 Å². The van der Waals surface area contributed by atoms with Gasteiger partial charge in [0.25, 0.3) is 5.91 Å². The Balaban J connectivity index is 1.62. The van der Waals surface area contributed by atoms with Crippen molar-refractivity contribution >= 4 is 5.91 Å². The van der Waals surface area contributed by atoms with Crippen LogP contribution in [0.15, 0.2) is 23.5 Å². The zero-order chi connectivity index (χ0) is 13.0. The van der Waals surface area contributed by atoms with Gasteiger partial charge in [-0.1, -0.05) is 12.2 Å². The minimum absolute atomic E-state index is 0.0815. The van der Waals surface area contributed by atoms with E-state index in [-0.39, 0.29) is 5.91 Å². The van der Waals surface area contributed by atoms with E-state index in [0.717, 1.165) is 31.6 Å². The van der Waals surface area contributed by atoms with E-state index in [4.69, 9.17) is 0 Å². The summed E-state index contributed by atoms with van der Waals surface area (Å²) < 4.78 is 0. The molecule has 3 fully saturated rings. The van der Waals surface area contributed by atoms with E-state index in [0.29, 0.717) is 18.9 Å². The van der Waals surface area contributed by atoms with Crippen LogP contribution in [-0.4, -0.2) is 45.5 Å². The summed E-state index contributed by atoms with van der Waals surface area (Å²) >= 11 is 0. The maximum absolute atomic E-state index is 12.4. The van der Waals surface area contributed by atoms with Gasteiger partial charge in [-0.2, -0.15) is 0 Å². The van der Waals surface area contributed by atoms with Gasteiger partial charge in [-0.15, -0.1) is 0 Å². The lowest BCUT2D eigenvalue weighted by atomic mass is 10.0. The second kappa shape index (κ2) is 3.85. The summed E-state index contributed by atoms with van der Waals surface area (Å²) in [5, 5.41) is 10.1. The van der Waals surface area contributed by atoms with Crippen molar-refractivity contribution in [3.05, 3.63) is 23.5 Å². The number of amides is 1. The summed E-state index contributed by atoms with van der Waals surface area (Å²) in [5.41, 5.74) is 1.23. The van der Waals surface area contributed by atoms with Crippen molar-refractivity contribution in [1.82, 2.24) is 9.80 Å².